The van der Waals surface area contributed by atoms with Gasteiger partial charge in [0.05, 0.1) is 9.72 Å². The van der Waals surface area contributed by atoms with Crippen LogP contribution in [0.3, 0.4) is 0 Å². The number of hydrogen-bond acceptors (Lipinski definition) is 4. The van der Waals surface area contributed by atoms with E-state index in [1.54, 1.807) is 17.5 Å². The molecule has 0 atom stereocenters. The number of carbonyl (C=O) groups is 1. The van der Waals surface area contributed by atoms with Gasteiger partial charge in [-0.1, -0.05) is 11.6 Å². The maximum absolute atomic E-state index is 13.0. The summed E-state index contributed by atoms with van der Waals surface area (Å²) in [6.45, 7) is 0. The first-order valence-corrected chi connectivity index (χ1v) is 12.1. The Morgan fingerprint density at radius 2 is 1.87 bits per heavy atom. The van der Waals surface area contributed by atoms with Gasteiger partial charge in [-0.3, -0.25) is 4.79 Å². The van der Waals surface area contributed by atoms with Crippen molar-refractivity contribution in [3.63, 3.8) is 0 Å². The Morgan fingerprint density at radius 3 is 2.57 bits per heavy atom. The van der Waals surface area contributed by atoms with Crippen LogP contribution in [-0.4, -0.2) is 15.9 Å². The molecular formula is C24H24ClN3OS. The quantitative estimate of drug-likeness (QED) is 0.503. The van der Waals surface area contributed by atoms with Crippen LogP contribution in [-0.2, 0) is 4.79 Å². The zero-order valence-corrected chi connectivity index (χ0v) is 18.3. The Hall–Kier alpha value is -1.98. The van der Waals surface area contributed by atoms with Gasteiger partial charge in [0.25, 0.3) is 0 Å². The predicted molar refractivity (Wildman–Crippen MR) is 122 cm³/mol. The summed E-state index contributed by atoms with van der Waals surface area (Å²) >= 11 is 8.04. The lowest BCUT2D eigenvalue weighted by Gasteiger charge is -2.56. The molecule has 0 saturated heterocycles. The highest BCUT2D eigenvalue weighted by molar-refractivity contribution is 7.21. The molecule has 154 valence electrons. The molecule has 4 fully saturated rings. The van der Waals surface area contributed by atoms with E-state index in [1.807, 2.05) is 30.3 Å². The number of benzene rings is 1. The molecule has 0 aliphatic heterocycles. The molecule has 0 unspecified atom stereocenters. The number of fused-ring (bicyclic) bond motifs is 1. The number of anilines is 1. The van der Waals surface area contributed by atoms with Gasteiger partial charge in [0.2, 0.25) is 5.91 Å². The highest BCUT2D eigenvalue weighted by atomic mass is 35.5. The molecule has 3 aromatic rings. The van der Waals surface area contributed by atoms with Crippen LogP contribution in [0.2, 0.25) is 5.02 Å². The number of thiazole rings is 1. The van der Waals surface area contributed by atoms with Crippen molar-refractivity contribution in [2.75, 3.05) is 5.32 Å². The van der Waals surface area contributed by atoms with Crippen molar-refractivity contribution < 1.29 is 4.79 Å². The van der Waals surface area contributed by atoms with Gasteiger partial charge < -0.3 is 5.32 Å². The normalized spacial score (nSPS) is 29.4. The van der Waals surface area contributed by atoms with Crippen LogP contribution < -0.4 is 5.32 Å². The van der Waals surface area contributed by atoms with Crippen LogP contribution in [0.15, 0.2) is 36.5 Å². The smallest absolute Gasteiger partial charge is 0.224 e. The van der Waals surface area contributed by atoms with Crippen molar-refractivity contribution in [2.45, 2.75) is 44.9 Å². The molecule has 2 aromatic heterocycles. The second-order valence-electron chi connectivity index (χ2n) is 9.68. The van der Waals surface area contributed by atoms with Crippen molar-refractivity contribution in [3.8, 4) is 10.6 Å². The SMILES string of the molecule is O=C(CC12CC3CC(CC(C3)C1)C2)Nc1ccc(Cl)c(-c2nc3ncccc3s2)c1. The number of nitrogens with zero attached hydrogens (tertiary/aromatic N) is 2. The first-order chi connectivity index (χ1) is 14.6. The molecule has 1 N–H and O–H groups in total. The van der Waals surface area contributed by atoms with E-state index in [1.165, 1.54) is 38.5 Å². The predicted octanol–water partition coefficient (Wildman–Crippen LogP) is 6.56. The molecule has 30 heavy (non-hydrogen) atoms. The van der Waals surface area contributed by atoms with Gasteiger partial charge in [0.15, 0.2) is 5.65 Å². The van der Waals surface area contributed by atoms with Crippen molar-refractivity contribution >= 4 is 44.9 Å². The van der Waals surface area contributed by atoms with Crippen LogP contribution in [0, 0.1) is 23.2 Å². The second-order valence-corrected chi connectivity index (χ2v) is 11.1. The van der Waals surface area contributed by atoms with E-state index in [0.29, 0.717) is 11.4 Å². The molecule has 0 spiro atoms. The van der Waals surface area contributed by atoms with E-state index < -0.39 is 0 Å². The average molecular weight is 438 g/mol. The number of amides is 1. The van der Waals surface area contributed by atoms with E-state index in [0.717, 1.165) is 44.4 Å². The van der Waals surface area contributed by atoms with E-state index >= 15 is 0 Å². The fourth-order valence-electron chi connectivity index (χ4n) is 6.70. The monoisotopic (exact) mass is 437 g/mol. The number of pyridine rings is 1. The maximum Gasteiger partial charge on any atom is 0.224 e. The lowest BCUT2D eigenvalue weighted by molar-refractivity contribution is -0.124. The van der Waals surface area contributed by atoms with Gasteiger partial charge in [-0.15, -0.1) is 11.3 Å². The van der Waals surface area contributed by atoms with Crippen LogP contribution in [0.4, 0.5) is 5.69 Å². The summed E-state index contributed by atoms with van der Waals surface area (Å²) in [4.78, 5) is 21.9. The van der Waals surface area contributed by atoms with Gasteiger partial charge >= 0.3 is 0 Å². The van der Waals surface area contributed by atoms with E-state index in [-0.39, 0.29) is 11.3 Å². The Balaban J connectivity index is 1.22. The Bertz CT molecular complexity index is 1070. The van der Waals surface area contributed by atoms with Crippen LogP contribution in [0.5, 0.6) is 0 Å². The average Bonchev–Trinajstić information content (AvgIpc) is 3.12. The number of rotatable bonds is 4. The van der Waals surface area contributed by atoms with Crippen molar-refractivity contribution in [2.24, 2.45) is 23.2 Å². The third kappa shape index (κ3) is 3.32. The van der Waals surface area contributed by atoms with E-state index in [4.69, 9.17) is 11.6 Å². The second kappa shape index (κ2) is 7.03. The molecule has 0 radical (unpaired) electrons. The largest absolute Gasteiger partial charge is 0.326 e. The topological polar surface area (TPSA) is 54.9 Å². The van der Waals surface area contributed by atoms with Gasteiger partial charge in [0.1, 0.15) is 5.01 Å². The van der Waals surface area contributed by atoms with Crippen LogP contribution in [0.1, 0.15) is 44.9 Å². The Labute approximate surface area is 185 Å². The molecular weight excluding hydrogens is 414 g/mol. The third-order valence-corrected chi connectivity index (χ3v) is 8.72. The summed E-state index contributed by atoms with van der Waals surface area (Å²) in [6.07, 6.45) is 10.3. The van der Waals surface area contributed by atoms with Gasteiger partial charge in [-0.25, -0.2) is 9.97 Å². The van der Waals surface area contributed by atoms with Gasteiger partial charge in [0, 0.05) is 23.9 Å². The summed E-state index contributed by atoms with van der Waals surface area (Å²) in [5.41, 5.74) is 2.60. The molecule has 4 aliphatic carbocycles. The number of aromatic nitrogens is 2. The zero-order valence-electron chi connectivity index (χ0n) is 16.7. The summed E-state index contributed by atoms with van der Waals surface area (Å²) in [5.74, 6) is 2.72. The molecule has 6 heteroatoms. The highest BCUT2D eigenvalue weighted by Gasteiger charge is 2.51. The number of carbonyl (C=O) groups excluding carboxylic acids is 1. The maximum atomic E-state index is 13.0. The number of nitrogens with one attached hydrogen (secondary N) is 1. The van der Waals surface area contributed by atoms with Crippen LogP contribution >= 0.6 is 22.9 Å². The van der Waals surface area contributed by atoms with Gasteiger partial charge in [-0.2, -0.15) is 0 Å². The molecule has 4 nitrogen and oxygen atoms in total. The third-order valence-electron chi connectivity index (χ3n) is 7.35. The lowest BCUT2D eigenvalue weighted by Crippen LogP contribution is -2.47. The summed E-state index contributed by atoms with van der Waals surface area (Å²) in [6, 6.07) is 9.59. The lowest BCUT2D eigenvalue weighted by atomic mass is 9.49. The zero-order chi connectivity index (χ0) is 20.3. The molecule has 4 bridgehead atoms. The Morgan fingerprint density at radius 1 is 1.13 bits per heavy atom. The standard InChI is InChI=1S/C24H24ClN3OS/c25-19-4-3-17(9-18(19)23-28-22-20(30-23)2-1-5-26-22)27-21(29)13-24-10-14-6-15(11-24)8-16(7-14)12-24/h1-5,9,14-16H,6-8,10-13H2,(H,27,29). The Kier molecular flexibility index (Phi) is 4.40. The number of hydrogen-bond donors (Lipinski definition) is 1. The highest BCUT2D eigenvalue weighted by Crippen LogP contribution is 2.61. The first-order valence-electron chi connectivity index (χ1n) is 10.9. The fourth-order valence-corrected chi connectivity index (χ4v) is 7.92. The van der Waals surface area contributed by atoms with E-state index in [2.05, 4.69) is 15.3 Å². The molecule has 2 heterocycles. The summed E-state index contributed by atoms with van der Waals surface area (Å²) < 4.78 is 1.03. The molecule has 4 aliphatic rings. The van der Waals surface area contributed by atoms with Gasteiger partial charge in [-0.05, 0) is 92.0 Å². The minimum Gasteiger partial charge on any atom is -0.326 e. The minimum absolute atomic E-state index is 0.135. The molecule has 7 rings (SSSR count). The van der Waals surface area contributed by atoms with Crippen molar-refractivity contribution in [3.05, 3.63) is 41.6 Å². The molecule has 4 saturated carbocycles. The summed E-state index contributed by atoms with van der Waals surface area (Å²) in [7, 11) is 0. The van der Waals surface area contributed by atoms with Crippen molar-refractivity contribution in [1.82, 2.24) is 9.97 Å². The van der Waals surface area contributed by atoms with Crippen LogP contribution in [0.25, 0.3) is 20.9 Å². The fraction of sp³-hybridized carbons (Fsp3) is 0.458. The molecule has 1 amide bonds. The first kappa shape index (κ1) is 18.8. The summed E-state index contributed by atoms with van der Waals surface area (Å²) in [5, 5.41) is 4.61. The number of halogens is 1. The molecule has 1 aromatic carbocycles. The minimum atomic E-state index is 0.135. The van der Waals surface area contributed by atoms with E-state index in [9.17, 15) is 4.79 Å². The van der Waals surface area contributed by atoms with Crippen molar-refractivity contribution in [1.29, 1.82) is 0 Å².